The lowest BCUT2D eigenvalue weighted by Gasteiger charge is -2.11. The Morgan fingerprint density at radius 3 is 2.62 bits per heavy atom. The van der Waals surface area contributed by atoms with E-state index in [-0.39, 0.29) is 12.3 Å². The van der Waals surface area contributed by atoms with Gasteiger partial charge in [0.2, 0.25) is 5.91 Å². The molecular formula is C25H22N4O3. The molecule has 0 bridgehead atoms. The van der Waals surface area contributed by atoms with Crippen LogP contribution in [0.1, 0.15) is 11.1 Å². The molecule has 4 aromatic rings. The number of anilines is 1. The number of carbonyl (C=O) groups is 1. The summed E-state index contributed by atoms with van der Waals surface area (Å²) in [5.41, 5.74) is 4.76. The summed E-state index contributed by atoms with van der Waals surface area (Å²) in [7, 11) is 0. The zero-order valence-electron chi connectivity index (χ0n) is 17.3. The lowest BCUT2D eigenvalue weighted by Crippen LogP contribution is -2.14. The Morgan fingerprint density at radius 2 is 1.84 bits per heavy atom. The van der Waals surface area contributed by atoms with Gasteiger partial charge in [-0.25, -0.2) is 4.98 Å². The molecule has 2 N–H and O–H groups in total. The second-order valence-electron chi connectivity index (χ2n) is 7.24. The number of H-pyrrole nitrogens is 1. The van der Waals surface area contributed by atoms with Crippen LogP contribution in [-0.2, 0) is 17.6 Å². The van der Waals surface area contributed by atoms with Gasteiger partial charge in [-0.2, -0.15) is 0 Å². The number of nitrogens with one attached hydrogen (secondary N) is 2. The summed E-state index contributed by atoms with van der Waals surface area (Å²) < 4.78 is 6.00. The van der Waals surface area contributed by atoms with Crippen LogP contribution in [-0.4, -0.2) is 22.5 Å². The highest BCUT2D eigenvalue weighted by Crippen LogP contribution is 2.28. The number of benzene rings is 3. The maximum Gasteiger partial charge on any atom is 0.228 e. The first-order chi connectivity index (χ1) is 15.7. The monoisotopic (exact) mass is 426 g/mol. The Balaban J connectivity index is 1.29. The van der Waals surface area contributed by atoms with Crippen molar-refractivity contribution in [2.75, 3.05) is 11.9 Å². The number of nitrogens with zero attached hydrogens (tertiary/aromatic N) is 2. The Hall–Kier alpha value is -4.26. The van der Waals surface area contributed by atoms with Gasteiger partial charge in [-0.05, 0) is 52.7 Å². The van der Waals surface area contributed by atoms with Crippen LogP contribution in [0.5, 0.6) is 5.75 Å². The molecule has 7 nitrogen and oxygen atoms in total. The van der Waals surface area contributed by atoms with Gasteiger partial charge in [0.1, 0.15) is 11.4 Å². The topological polar surface area (TPSA) is 96.4 Å². The molecule has 4 rings (SSSR count). The third-order valence-electron chi connectivity index (χ3n) is 4.94. The van der Waals surface area contributed by atoms with Crippen molar-refractivity contribution in [3.63, 3.8) is 0 Å². The van der Waals surface area contributed by atoms with E-state index in [4.69, 9.17) is 4.74 Å². The van der Waals surface area contributed by atoms with Crippen molar-refractivity contribution in [3.05, 3.63) is 101 Å². The fourth-order valence-corrected chi connectivity index (χ4v) is 3.37. The average Bonchev–Trinajstić information content (AvgIpc) is 3.35. The predicted octanol–water partition coefficient (Wildman–Crippen LogP) is 5.28. The first-order valence-corrected chi connectivity index (χ1v) is 10.2. The van der Waals surface area contributed by atoms with Crippen LogP contribution in [0.3, 0.4) is 0 Å². The molecular weight excluding hydrogens is 404 g/mol. The number of ether oxygens (including phenoxy) is 1. The SMILES string of the molecule is O=Nc1cccc(CC(=O)Nc2ccc(CCOc3ccccc3-c3cnc[nH]3)cc2)c1. The number of imidazole rings is 1. The van der Waals surface area contributed by atoms with Gasteiger partial charge < -0.3 is 15.0 Å². The molecule has 1 aromatic heterocycles. The van der Waals surface area contributed by atoms with Gasteiger partial charge in [0, 0.05) is 17.7 Å². The molecule has 7 heteroatoms. The molecule has 0 aliphatic heterocycles. The highest BCUT2D eigenvalue weighted by atomic mass is 16.5. The number of rotatable bonds is 9. The fourth-order valence-electron chi connectivity index (χ4n) is 3.37. The van der Waals surface area contributed by atoms with Crippen molar-refractivity contribution in [3.8, 4) is 17.0 Å². The minimum Gasteiger partial charge on any atom is -0.493 e. The third-order valence-corrected chi connectivity index (χ3v) is 4.94. The zero-order chi connectivity index (χ0) is 22.2. The summed E-state index contributed by atoms with van der Waals surface area (Å²) in [6, 6.07) is 22.2. The van der Waals surface area contributed by atoms with Crippen LogP contribution < -0.4 is 10.1 Å². The Kier molecular flexibility index (Phi) is 6.67. The highest BCUT2D eigenvalue weighted by molar-refractivity contribution is 5.92. The van der Waals surface area contributed by atoms with Gasteiger partial charge in [0.15, 0.2) is 0 Å². The molecule has 32 heavy (non-hydrogen) atoms. The van der Waals surface area contributed by atoms with Crippen molar-refractivity contribution in [1.82, 2.24) is 9.97 Å². The molecule has 0 aliphatic carbocycles. The van der Waals surface area contributed by atoms with E-state index in [1.54, 1.807) is 36.8 Å². The molecule has 0 radical (unpaired) electrons. The summed E-state index contributed by atoms with van der Waals surface area (Å²) in [6.07, 6.45) is 4.32. The molecule has 0 saturated carbocycles. The van der Waals surface area contributed by atoms with Gasteiger partial charge in [0.25, 0.3) is 0 Å². The van der Waals surface area contributed by atoms with Gasteiger partial charge in [-0.1, -0.05) is 36.4 Å². The summed E-state index contributed by atoms with van der Waals surface area (Å²) in [5, 5.41) is 5.77. The molecule has 1 amide bonds. The summed E-state index contributed by atoms with van der Waals surface area (Å²) in [6.45, 7) is 0.526. The van der Waals surface area contributed by atoms with E-state index in [0.717, 1.165) is 34.6 Å². The number of aromatic amines is 1. The van der Waals surface area contributed by atoms with E-state index >= 15 is 0 Å². The van der Waals surface area contributed by atoms with E-state index < -0.39 is 0 Å². The van der Waals surface area contributed by atoms with Gasteiger partial charge >= 0.3 is 0 Å². The lowest BCUT2D eigenvalue weighted by atomic mass is 10.1. The quantitative estimate of drug-likeness (QED) is 0.356. The summed E-state index contributed by atoms with van der Waals surface area (Å²) in [4.78, 5) is 30.1. The molecule has 0 spiro atoms. The van der Waals surface area contributed by atoms with Gasteiger partial charge in [-0.15, -0.1) is 4.91 Å². The number of hydrogen-bond acceptors (Lipinski definition) is 5. The second kappa shape index (κ2) is 10.2. The molecule has 1 heterocycles. The van der Waals surface area contributed by atoms with Crippen molar-refractivity contribution in [2.45, 2.75) is 12.8 Å². The first-order valence-electron chi connectivity index (χ1n) is 10.2. The largest absolute Gasteiger partial charge is 0.493 e. The van der Waals surface area contributed by atoms with Crippen LogP contribution in [0.4, 0.5) is 11.4 Å². The average molecular weight is 426 g/mol. The molecule has 0 fully saturated rings. The number of hydrogen-bond donors (Lipinski definition) is 2. The Morgan fingerprint density at radius 1 is 1.00 bits per heavy atom. The molecule has 0 saturated heterocycles. The van der Waals surface area contributed by atoms with Crippen LogP contribution >= 0.6 is 0 Å². The van der Waals surface area contributed by atoms with Crippen LogP contribution in [0.25, 0.3) is 11.3 Å². The third kappa shape index (κ3) is 5.46. The van der Waals surface area contributed by atoms with Crippen molar-refractivity contribution < 1.29 is 9.53 Å². The highest BCUT2D eigenvalue weighted by Gasteiger charge is 2.08. The van der Waals surface area contributed by atoms with Crippen molar-refractivity contribution in [1.29, 1.82) is 0 Å². The first kappa shape index (κ1) is 21.0. The molecule has 160 valence electrons. The molecule has 3 aromatic carbocycles. The minimum atomic E-state index is -0.153. The zero-order valence-corrected chi connectivity index (χ0v) is 17.3. The normalized spacial score (nSPS) is 10.5. The van der Waals surface area contributed by atoms with E-state index in [1.807, 2.05) is 48.5 Å². The van der Waals surface area contributed by atoms with E-state index in [0.29, 0.717) is 18.0 Å². The second-order valence-corrected chi connectivity index (χ2v) is 7.24. The Labute approximate surface area is 185 Å². The van der Waals surface area contributed by atoms with Crippen LogP contribution in [0, 0.1) is 4.91 Å². The standard InChI is InChI=1S/C25H22N4O3/c30-25(15-19-4-3-5-21(14-19)29-31)28-20-10-8-18(9-11-20)12-13-32-24-7-2-1-6-22(24)23-16-26-17-27-23/h1-11,14,16-17H,12-13,15H2,(H,26,27)(H,28,30). The maximum absolute atomic E-state index is 12.3. The fraction of sp³-hybridized carbons (Fsp3) is 0.120. The van der Waals surface area contributed by atoms with Gasteiger partial charge in [-0.3, -0.25) is 4.79 Å². The maximum atomic E-state index is 12.3. The number of amides is 1. The van der Waals surface area contributed by atoms with Crippen LogP contribution in [0.2, 0.25) is 0 Å². The van der Waals surface area contributed by atoms with E-state index in [2.05, 4.69) is 20.5 Å². The number of para-hydroxylation sites is 1. The number of carbonyl (C=O) groups excluding carboxylic acids is 1. The summed E-state index contributed by atoms with van der Waals surface area (Å²) in [5.74, 6) is 0.647. The molecule has 0 atom stereocenters. The molecule has 0 aliphatic rings. The van der Waals surface area contributed by atoms with E-state index in [9.17, 15) is 9.70 Å². The predicted molar refractivity (Wildman–Crippen MR) is 124 cm³/mol. The number of aromatic nitrogens is 2. The smallest absolute Gasteiger partial charge is 0.228 e. The Bertz CT molecular complexity index is 1190. The van der Waals surface area contributed by atoms with Gasteiger partial charge in [0.05, 0.1) is 31.2 Å². The summed E-state index contributed by atoms with van der Waals surface area (Å²) >= 11 is 0. The minimum absolute atomic E-state index is 0.153. The number of nitroso groups, excluding NO2 is 1. The molecule has 0 unspecified atom stereocenters. The lowest BCUT2D eigenvalue weighted by molar-refractivity contribution is -0.115. The van der Waals surface area contributed by atoms with E-state index in [1.165, 1.54) is 0 Å². The van der Waals surface area contributed by atoms with Crippen molar-refractivity contribution >= 4 is 17.3 Å². The van der Waals surface area contributed by atoms with Crippen LogP contribution in [0.15, 0.2) is 90.5 Å². The van der Waals surface area contributed by atoms with Crippen molar-refractivity contribution in [2.24, 2.45) is 5.18 Å².